The fraction of sp³-hybridized carbons (Fsp3) is 0. The van der Waals surface area contributed by atoms with Crippen molar-refractivity contribution in [1.82, 2.24) is 25.1 Å². The molecule has 21 heavy (non-hydrogen) atoms. The maximum atomic E-state index is 12.9. The fourth-order valence-electron chi connectivity index (χ4n) is 1.72. The predicted molar refractivity (Wildman–Crippen MR) is 75.4 cm³/mol. The zero-order valence-corrected chi connectivity index (χ0v) is 10.7. The summed E-state index contributed by atoms with van der Waals surface area (Å²) in [6, 6.07) is 6.08. The second-order valence-corrected chi connectivity index (χ2v) is 4.14. The second kappa shape index (κ2) is 5.41. The lowest BCUT2D eigenvalue weighted by molar-refractivity contribution is 0.628. The minimum atomic E-state index is -0.294. The molecule has 0 aliphatic rings. The van der Waals surface area contributed by atoms with Crippen molar-refractivity contribution in [3.05, 3.63) is 48.2 Å². The number of hydrogen-bond donors (Lipinski definition) is 3. The maximum Gasteiger partial charge on any atom is 0.263 e. The summed E-state index contributed by atoms with van der Waals surface area (Å²) in [6.45, 7) is 0. The monoisotopic (exact) mass is 286 g/mol. The molecule has 0 aliphatic heterocycles. The molecule has 0 saturated carbocycles. The summed E-state index contributed by atoms with van der Waals surface area (Å²) in [5, 5.41) is 18.1. The molecule has 0 bridgehead atoms. The van der Waals surface area contributed by atoms with Gasteiger partial charge in [-0.25, -0.2) is 14.5 Å². The van der Waals surface area contributed by atoms with Crippen LogP contribution in [0.5, 0.6) is 0 Å². The molecule has 0 aliphatic carbocycles. The lowest BCUT2D eigenvalue weighted by atomic mass is 10.1. The molecule has 1 aromatic carbocycles. The highest BCUT2D eigenvalue weighted by atomic mass is 19.1. The molecular formula is C12H11FN8. The van der Waals surface area contributed by atoms with Crippen molar-refractivity contribution in [3.8, 4) is 11.3 Å². The van der Waals surface area contributed by atoms with Crippen LogP contribution in [0.4, 0.5) is 10.3 Å². The number of hydrazone groups is 1. The van der Waals surface area contributed by atoms with Crippen molar-refractivity contribution < 1.29 is 4.39 Å². The van der Waals surface area contributed by atoms with E-state index in [0.29, 0.717) is 5.95 Å². The first-order valence-corrected chi connectivity index (χ1v) is 5.97. The molecule has 4 N–H and O–H groups in total. The Kier molecular flexibility index (Phi) is 3.29. The first-order valence-electron chi connectivity index (χ1n) is 5.97. The van der Waals surface area contributed by atoms with Crippen LogP contribution < -0.4 is 11.3 Å². The molecule has 9 heteroatoms. The average Bonchev–Trinajstić information content (AvgIpc) is 3.10. The van der Waals surface area contributed by atoms with Gasteiger partial charge < -0.3 is 5.84 Å². The zero-order valence-electron chi connectivity index (χ0n) is 10.7. The van der Waals surface area contributed by atoms with E-state index < -0.39 is 0 Å². The number of hydrogen-bond acceptors (Lipinski definition) is 6. The number of rotatable bonds is 4. The predicted octanol–water partition coefficient (Wildman–Crippen LogP) is 0.967. The van der Waals surface area contributed by atoms with Crippen LogP contribution in [0.1, 0.15) is 5.56 Å². The van der Waals surface area contributed by atoms with Crippen LogP contribution in [0.25, 0.3) is 11.3 Å². The number of halogens is 1. The summed E-state index contributed by atoms with van der Waals surface area (Å²) in [5.74, 6) is 5.55. The van der Waals surface area contributed by atoms with Gasteiger partial charge in [0.25, 0.3) is 5.95 Å². The number of nitrogens with one attached hydrogen (secondary N) is 2. The van der Waals surface area contributed by atoms with Crippen molar-refractivity contribution in [1.29, 1.82) is 0 Å². The Morgan fingerprint density at radius 2 is 2.14 bits per heavy atom. The number of benzene rings is 1. The van der Waals surface area contributed by atoms with Crippen LogP contribution in [-0.4, -0.2) is 31.3 Å². The molecule has 2 aromatic heterocycles. The van der Waals surface area contributed by atoms with Crippen LogP contribution >= 0.6 is 0 Å². The van der Waals surface area contributed by atoms with Crippen LogP contribution in [0.3, 0.4) is 0 Å². The number of nitrogen functional groups attached to an aromatic ring is 1. The third-order valence-corrected chi connectivity index (χ3v) is 2.74. The normalized spacial score (nSPS) is 11.1. The van der Waals surface area contributed by atoms with E-state index in [1.165, 1.54) is 23.1 Å². The Hall–Kier alpha value is -3.23. The van der Waals surface area contributed by atoms with Crippen molar-refractivity contribution in [3.63, 3.8) is 0 Å². The van der Waals surface area contributed by atoms with Gasteiger partial charge in [0.1, 0.15) is 12.1 Å². The van der Waals surface area contributed by atoms with Gasteiger partial charge in [-0.15, -0.1) is 10.2 Å². The van der Waals surface area contributed by atoms with E-state index in [2.05, 4.69) is 30.9 Å². The van der Waals surface area contributed by atoms with Crippen molar-refractivity contribution >= 4 is 12.2 Å². The van der Waals surface area contributed by atoms with Crippen molar-refractivity contribution in [2.24, 2.45) is 5.10 Å². The minimum Gasteiger partial charge on any atom is -0.335 e. The largest absolute Gasteiger partial charge is 0.335 e. The Morgan fingerprint density at radius 3 is 2.86 bits per heavy atom. The minimum absolute atomic E-state index is 0.294. The summed E-state index contributed by atoms with van der Waals surface area (Å²) >= 11 is 0. The van der Waals surface area contributed by atoms with Crippen LogP contribution in [0.15, 0.2) is 41.9 Å². The Labute approximate surface area is 118 Å². The molecular weight excluding hydrogens is 275 g/mol. The highest BCUT2D eigenvalue weighted by Crippen LogP contribution is 2.20. The molecule has 0 atom stereocenters. The summed E-state index contributed by atoms with van der Waals surface area (Å²) in [5.41, 5.74) is 4.92. The van der Waals surface area contributed by atoms with E-state index in [9.17, 15) is 4.39 Å². The van der Waals surface area contributed by atoms with Gasteiger partial charge in [0.05, 0.1) is 18.1 Å². The standard InChI is InChI=1S/C12H11FN8/c13-10-3-1-8(2-4-10)11-9(5-15-18-11)6-16-19-12-20-17-7-21(12)14/h1-7H,14H2,(H,15,18)(H,19,20)/b16-6+. The molecule has 0 unspecified atom stereocenters. The Bertz CT molecular complexity index is 758. The van der Waals surface area contributed by atoms with Crippen molar-refractivity contribution in [2.45, 2.75) is 0 Å². The van der Waals surface area contributed by atoms with Gasteiger partial charge in [0.2, 0.25) is 0 Å². The first kappa shape index (κ1) is 12.8. The van der Waals surface area contributed by atoms with Crippen LogP contribution in [0, 0.1) is 5.82 Å². The lowest BCUT2D eigenvalue weighted by Crippen LogP contribution is -2.10. The highest BCUT2D eigenvalue weighted by Gasteiger charge is 2.06. The number of nitrogens with two attached hydrogens (primary N) is 1. The van der Waals surface area contributed by atoms with E-state index in [-0.39, 0.29) is 5.82 Å². The van der Waals surface area contributed by atoms with Gasteiger partial charge >= 0.3 is 0 Å². The topological polar surface area (TPSA) is 110 Å². The lowest BCUT2D eigenvalue weighted by Gasteiger charge is -2.00. The summed E-state index contributed by atoms with van der Waals surface area (Å²) in [4.78, 5) is 0. The van der Waals surface area contributed by atoms with Crippen molar-refractivity contribution in [2.75, 3.05) is 11.3 Å². The second-order valence-electron chi connectivity index (χ2n) is 4.14. The van der Waals surface area contributed by atoms with E-state index in [1.807, 2.05) is 0 Å². The molecule has 0 fully saturated rings. The van der Waals surface area contributed by atoms with Gasteiger partial charge in [-0.2, -0.15) is 10.2 Å². The molecule has 0 amide bonds. The van der Waals surface area contributed by atoms with Crippen LogP contribution in [0.2, 0.25) is 0 Å². The third kappa shape index (κ3) is 2.71. The molecule has 8 nitrogen and oxygen atoms in total. The van der Waals surface area contributed by atoms with Gasteiger partial charge in [-0.1, -0.05) is 0 Å². The first-order chi connectivity index (χ1) is 10.2. The van der Waals surface area contributed by atoms with E-state index in [4.69, 9.17) is 5.84 Å². The number of H-pyrrole nitrogens is 1. The summed E-state index contributed by atoms with van der Waals surface area (Å²) in [7, 11) is 0. The number of aromatic amines is 1. The SMILES string of the molecule is Nn1cnnc1N/N=C/c1cn[nH]c1-c1ccc(F)cc1. The summed E-state index contributed by atoms with van der Waals surface area (Å²) in [6.07, 6.45) is 4.51. The molecule has 2 heterocycles. The van der Waals surface area contributed by atoms with Gasteiger partial charge in [-0.05, 0) is 24.3 Å². The molecule has 3 rings (SSSR count). The highest BCUT2D eigenvalue weighted by molar-refractivity contribution is 5.88. The molecule has 0 saturated heterocycles. The number of nitrogens with zero attached hydrogens (tertiary/aromatic N) is 5. The fourth-order valence-corrected chi connectivity index (χ4v) is 1.72. The number of aromatic nitrogens is 5. The van der Waals surface area contributed by atoms with Gasteiger partial charge in [0, 0.05) is 11.1 Å². The van der Waals surface area contributed by atoms with E-state index >= 15 is 0 Å². The van der Waals surface area contributed by atoms with Crippen LogP contribution in [-0.2, 0) is 0 Å². The molecule has 0 spiro atoms. The molecule has 0 radical (unpaired) electrons. The summed E-state index contributed by atoms with van der Waals surface area (Å²) < 4.78 is 14.1. The molecule has 3 aromatic rings. The smallest absolute Gasteiger partial charge is 0.263 e. The van der Waals surface area contributed by atoms with E-state index in [0.717, 1.165) is 16.8 Å². The quantitative estimate of drug-likeness (QED) is 0.376. The molecule has 106 valence electrons. The maximum absolute atomic E-state index is 12.9. The van der Waals surface area contributed by atoms with Gasteiger partial charge in [-0.3, -0.25) is 5.10 Å². The number of anilines is 1. The average molecular weight is 286 g/mol. The zero-order chi connectivity index (χ0) is 14.7. The third-order valence-electron chi connectivity index (χ3n) is 2.74. The Morgan fingerprint density at radius 1 is 1.33 bits per heavy atom. The van der Waals surface area contributed by atoms with Gasteiger partial charge in [0.15, 0.2) is 0 Å². The Balaban J connectivity index is 1.79. The van der Waals surface area contributed by atoms with E-state index in [1.54, 1.807) is 24.5 Å².